The van der Waals surface area contributed by atoms with E-state index >= 15 is 0 Å². The lowest BCUT2D eigenvalue weighted by Crippen LogP contribution is -2.50. The number of nitrogens with zero attached hydrogens (tertiary/aromatic N) is 5. The molecule has 4 N–H and O–H groups in total. The fraction of sp³-hybridized carbons (Fsp3) is 0.378. The number of likely N-dealkylation sites (tertiary alicyclic amines) is 2. The van der Waals surface area contributed by atoms with Gasteiger partial charge in [-0.05, 0) is 101 Å². The van der Waals surface area contributed by atoms with Crippen molar-refractivity contribution < 1.29 is 9.59 Å². The minimum absolute atomic E-state index is 0.0207. The number of hydrogen-bond donors (Lipinski definition) is 3. The minimum atomic E-state index is -0.299. The Balaban J connectivity index is 1.05. The van der Waals surface area contributed by atoms with Crippen molar-refractivity contribution in [3.8, 4) is 11.1 Å². The molecule has 2 fully saturated rings. The van der Waals surface area contributed by atoms with Crippen LogP contribution in [-0.2, 0) is 9.59 Å². The fourth-order valence-corrected chi connectivity index (χ4v) is 8.34. The summed E-state index contributed by atoms with van der Waals surface area (Å²) in [7, 11) is 1.99. The molecule has 10 nitrogen and oxygen atoms in total. The number of aromatic amines is 1. The lowest BCUT2D eigenvalue weighted by molar-refractivity contribution is -0.134. The van der Waals surface area contributed by atoms with Crippen molar-refractivity contribution in [3.05, 3.63) is 109 Å². The van der Waals surface area contributed by atoms with Gasteiger partial charge in [-0.1, -0.05) is 64.6 Å². The van der Waals surface area contributed by atoms with Gasteiger partial charge >= 0.3 is 0 Å². The van der Waals surface area contributed by atoms with Crippen molar-refractivity contribution in [2.75, 3.05) is 25.0 Å². The highest BCUT2D eigenvalue weighted by atomic mass is 16.2. The number of likely N-dealkylation sites (N-methyl/N-ethyl adjacent to an activating group) is 1. The molecule has 0 spiro atoms. The second-order valence-corrected chi connectivity index (χ2v) is 15.9. The number of nitrogens with two attached hydrogens (primary N) is 1. The van der Waals surface area contributed by atoms with Crippen LogP contribution in [0.2, 0.25) is 0 Å². The van der Waals surface area contributed by atoms with Gasteiger partial charge in [0.25, 0.3) is 0 Å². The molecule has 10 heteroatoms. The Morgan fingerprint density at radius 2 is 1.64 bits per heavy atom. The normalized spacial score (nSPS) is 18.1. The number of fused-ring (bicyclic) bond motifs is 2. The number of pyridine rings is 1. The first-order chi connectivity index (χ1) is 26.5. The number of carbonyl (C=O) groups excluding carboxylic acids is 2. The molecule has 0 aliphatic carbocycles. The van der Waals surface area contributed by atoms with Crippen LogP contribution in [0.15, 0.2) is 97.6 Å². The third kappa shape index (κ3) is 7.95. The van der Waals surface area contributed by atoms with Gasteiger partial charge in [-0.15, -0.1) is 0 Å². The Morgan fingerprint density at radius 1 is 0.945 bits per heavy atom. The van der Waals surface area contributed by atoms with Gasteiger partial charge in [0.15, 0.2) is 0 Å². The number of hydrogen-bond acceptors (Lipinski definition) is 7. The summed E-state index contributed by atoms with van der Waals surface area (Å²) in [6.07, 6.45) is 9.56. The molecule has 7 rings (SSSR count). The van der Waals surface area contributed by atoms with Crippen LogP contribution in [0.4, 0.5) is 5.69 Å². The number of nitrogens with one attached hydrogen (secondary N) is 2. The van der Waals surface area contributed by atoms with Crippen molar-refractivity contribution in [2.45, 2.75) is 77.9 Å². The van der Waals surface area contributed by atoms with Crippen LogP contribution in [-0.4, -0.2) is 68.8 Å². The standard InChI is InChI=1S/C45H54N8O2/c1-28(2)23-42(54)52-21-7-9-40(52)30(5)48-27-37(46)35-14-13-31-24-32(11-12-33(31)25-35)34-15-16-38-39(26-34)50-44(49-38)41-10-8-22-53(41)45(55)43(29(3)4)51(6)36-17-19-47-20-18-36/h11-20,24-29,40-41,43,48H,5,7-10,21-23,46H2,1-4,6H3,(H,49,50)/b37-27-/t40-,41-,43?/m0/s1. The number of H-pyrrole nitrogens is 1. The van der Waals surface area contributed by atoms with Crippen LogP contribution in [0.1, 0.15) is 77.2 Å². The number of aromatic nitrogens is 3. The molecule has 2 aliphatic rings. The summed E-state index contributed by atoms with van der Waals surface area (Å²) in [4.78, 5) is 45.8. The molecule has 2 aliphatic heterocycles. The molecule has 3 aromatic carbocycles. The first-order valence-electron chi connectivity index (χ1n) is 19.7. The Bertz CT molecular complexity index is 2220. The summed E-state index contributed by atoms with van der Waals surface area (Å²) >= 11 is 0. The molecule has 0 bridgehead atoms. The summed E-state index contributed by atoms with van der Waals surface area (Å²) in [5, 5.41) is 5.49. The van der Waals surface area contributed by atoms with Crippen LogP contribution in [0.5, 0.6) is 0 Å². The SMILES string of the molecule is C=C(N/C=C(\N)c1ccc2cc(-c3ccc4nc([C@@H]5CCCN5C(=O)C(C(C)C)N(C)c5ccncc5)[nH]c4c3)ccc2c1)[C@@H]1CCCN1C(=O)CC(C)C. The summed E-state index contributed by atoms with van der Waals surface area (Å²) in [6, 6.07) is 22.5. The summed E-state index contributed by atoms with van der Waals surface area (Å²) < 4.78 is 0. The molecule has 2 amide bonds. The van der Waals surface area contributed by atoms with E-state index in [0.717, 1.165) is 87.9 Å². The quantitative estimate of drug-likeness (QED) is 0.119. The first kappa shape index (κ1) is 37.7. The summed E-state index contributed by atoms with van der Waals surface area (Å²) in [5.74, 6) is 1.59. The van der Waals surface area contributed by atoms with Gasteiger partial charge in [0.1, 0.15) is 11.9 Å². The maximum absolute atomic E-state index is 14.2. The van der Waals surface area contributed by atoms with Crippen molar-refractivity contribution in [1.29, 1.82) is 0 Å². The van der Waals surface area contributed by atoms with Crippen LogP contribution >= 0.6 is 0 Å². The number of imidazole rings is 1. The van der Waals surface area contributed by atoms with E-state index in [9.17, 15) is 9.59 Å². The Kier molecular flexibility index (Phi) is 11.0. The number of anilines is 1. The third-order valence-electron chi connectivity index (χ3n) is 11.2. The number of rotatable bonds is 12. The van der Waals surface area contributed by atoms with Gasteiger partial charge in [0, 0.05) is 56.5 Å². The molecule has 286 valence electrons. The molecule has 4 heterocycles. The molecule has 0 saturated carbocycles. The molecule has 3 atom stereocenters. The van der Waals surface area contributed by atoms with Crippen molar-refractivity contribution >= 4 is 45.0 Å². The summed E-state index contributed by atoms with van der Waals surface area (Å²) in [5.41, 5.74) is 13.9. The smallest absolute Gasteiger partial charge is 0.246 e. The predicted octanol–water partition coefficient (Wildman–Crippen LogP) is 8.00. The largest absolute Gasteiger partial charge is 0.397 e. The zero-order valence-electron chi connectivity index (χ0n) is 32.8. The van der Waals surface area contributed by atoms with E-state index in [4.69, 9.17) is 10.7 Å². The molecule has 5 aromatic rings. The molecule has 0 radical (unpaired) electrons. The van der Waals surface area contributed by atoms with E-state index in [-0.39, 0.29) is 35.9 Å². The van der Waals surface area contributed by atoms with E-state index in [1.807, 2.05) is 35.0 Å². The fourth-order valence-electron chi connectivity index (χ4n) is 8.34. The second-order valence-electron chi connectivity index (χ2n) is 15.9. The average Bonchev–Trinajstić information content (AvgIpc) is 3.96. The number of carbonyl (C=O) groups is 2. The highest BCUT2D eigenvalue weighted by Gasteiger charge is 2.38. The number of amides is 2. The van der Waals surface area contributed by atoms with E-state index in [0.29, 0.717) is 24.6 Å². The molecule has 1 unspecified atom stereocenters. The van der Waals surface area contributed by atoms with Crippen molar-refractivity contribution in [3.63, 3.8) is 0 Å². The molecular formula is C45H54N8O2. The van der Waals surface area contributed by atoms with E-state index in [2.05, 4.69) is 103 Å². The van der Waals surface area contributed by atoms with Gasteiger partial charge < -0.3 is 30.7 Å². The topological polar surface area (TPSA) is 123 Å². The van der Waals surface area contributed by atoms with Gasteiger partial charge in [0.05, 0.1) is 28.8 Å². The average molecular weight is 739 g/mol. The van der Waals surface area contributed by atoms with Crippen LogP contribution in [0.25, 0.3) is 38.6 Å². The van der Waals surface area contributed by atoms with E-state index < -0.39 is 0 Å². The molecule has 55 heavy (non-hydrogen) atoms. The maximum atomic E-state index is 14.2. The second kappa shape index (κ2) is 16.0. The van der Waals surface area contributed by atoms with Crippen LogP contribution in [0.3, 0.4) is 0 Å². The van der Waals surface area contributed by atoms with Crippen LogP contribution in [0, 0.1) is 11.8 Å². The lowest BCUT2D eigenvalue weighted by Gasteiger charge is -2.36. The zero-order chi connectivity index (χ0) is 38.8. The van der Waals surface area contributed by atoms with Crippen molar-refractivity contribution in [2.24, 2.45) is 17.6 Å². The van der Waals surface area contributed by atoms with Gasteiger partial charge in [-0.25, -0.2) is 4.98 Å². The van der Waals surface area contributed by atoms with E-state index in [1.165, 1.54) is 0 Å². The van der Waals surface area contributed by atoms with Crippen LogP contribution < -0.4 is 16.0 Å². The van der Waals surface area contributed by atoms with Gasteiger partial charge in [-0.2, -0.15) is 0 Å². The van der Waals surface area contributed by atoms with E-state index in [1.54, 1.807) is 18.6 Å². The minimum Gasteiger partial charge on any atom is -0.397 e. The maximum Gasteiger partial charge on any atom is 0.246 e. The first-order valence-corrected chi connectivity index (χ1v) is 19.7. The van der Waals surface area contributed by atoms with Gasteiger partial charge in [-0.3, -0.25) is 14.6 Å². The monoisotopic (exact) mass is 738 g/mol. The predicted molar refractivity (Wildman–Crippen MR) is 223 cm³/mol. The molecule has 2 aromatic heterocycles. The van der Waals surface area contributed by atoms with Gasteiger partial charge in [0.2, 0.25) is 11.8 Å². The highest BCUT2D eigenvalue weighted by molar-refractivity contribution is 5.91. The Hall–Kier alpha value is -5.64. The Morgan fingerprint density at radius 3 is 2.40 bits per heavy atom. The lowest BCUT2D eigenvalue weighted by atomic mass is 9.99. The highest BCUT2D eigenvalue weighted by Crippen LogP contribution is 2.35. The molecular weight excluding hydrogens is 685 g/mol. The summed E-state index contributed by atoms with van der Waals surface area (Å²) in [6.45, 7) is 14.1. The molecule has 2 saturated heterocycles. The third-order valence-corrected chi connectivity index (χ3v) is 11.2. The zero-order valence-corrected chi connectivity index (χ0v) is 32.8. The Labute approximate surface area is 324 Å². The number of benzene rings is 3. The van der Waals surface area contributed by atoms with Crippen molar-refractivity contribution in [1.82, 2.24) is 30.1 Å².